The van der Waals surface area contributed by atoms with Crippen LogP contribution in [0.2, 0.25) is 0 Å². The Morgan fingerprint density at radius 1 is 1.17 bits per heavy atom. The minimum absolute atomic E-state index is 0.0862. The molecule has 4 rings (SSSR count). The molecule has 1 aromatic carbocycles. The number of aromatic nitrogens is 3. The molecule has 0 N–H and O–H groups in total. The highest BCUT2D eigenvalue weighted by Gasteiger charge is 2.28. The molecule has 3 heterocycles. The number of hydrogen-bond donors (Lipinski definition) is 0. The van der Waals surface area contributed by atoms with E-state index in [0.717, 1.165) is 30.5 Å². The zero-order chi connectivity index (χ0) is 20.6. The highest BCUT2D eigenvalue weighted by molar-refractivity contribution is 5.78. The van der Waals surface area contributed by atoms with E-state index in [-0.39, 0.29) is 11.8 Å². The van der Waals surface area contributed by atoms with Gasteiger partial charge in [-0.1, -0.05) is 41.6 Å². The van der Waals surface area contributed by atoms with Crippen LogP contribution in [0.4, 0.5) is 0 Å². The molecule has 1 saturated heterocycles. The predicted octanol–water partition coefficient (Wildman–Crippen LogP) is 3.17. The van der Waals surface area contributed by atoms with Crippen molar-refractivity contribution < 1.29 is 14.1 Å². The first-order valence-corrected chi connectivity index (χ1v) is 10.4. The Bertz CT molecular complexity index is 930. The van der Waals surface area contributed by atoms with E-state index in [0.29, 0.717) is 44.3 Å². The van der Waals surface area contributed by atoms with Gasteiger partial charge in [-0.3, -0.25) is 9.78 Å². The molecule has 0 spiro atoms. The standard InChI is InChI=1S/C23H26N4O3/c28-22(14-19-8-4-11-24-15-19)27-12-5-9-20(16-27)23-25-21(26-30-23)10-13-29-17-18-6-2-1-3-7-18/h1-4,6-8,11,15,20H,5,9-10,12-14,16-17H2. The predicted molar refractivity (Wildman–Crippen MR) is 111 cm³/mol. The molecule has 1 aliphatic heterocycles. The fourth-order valence-corrected chi connectivity index (χ4v) is 3.66. The van der Waals surface area contributed by atoms with Gasteiger partial charge in [0.2, 0.25) is 11.8 Å². The van der Waals surface area contributed by atoms with Gasteiger partial charge in [0.15, 0.2) is 5.82 Å². The van der Waals surface area contributed by atoms with Crippen molar-refractivity contribution in [1.29, 1.82) is 0 Å². The van der Waals surface area contributed by atoms with Gasteiger partial charge in [-0.2, -0.15) is 4.98 Å². The molecule has 1 fully saturated rings. The summed E-state index contributed by atoms with van der Waals surface area (Å²) < 4.78 is 11.2. The second kappa shape index (κ2) is 10.1. The number of benzene rings is 1. The molecule has 7 nitrogen and oxygen atoms in total. The van der Waals surface area contributed by atoms with Crippen LogP contribution in [0.5, 0.6) is 0 Å². The van der Waals surface area contributed by atoms with Crippen LogP contribution in [0.25, 0.3) is 0 Å². The molecule has 3 aromatic rings. The second-order valence-electron chi connectivity index (χ2n) is 7.55. The number of carbonyl (C=O) groups excluding carboxylic acids is 1. The number of pyridine rings is 1. The van der Waals surface area contributed by atoms with E-state index in [1.807, 2.05) is 47.4 Å². The number of amides is 1. The summed E-state index contributed by atoms with van der Waals surface area (Å²) >= 11 is 0. The second-order valence-corrected chi connectivity index (χ2v) is 7.55. The summed E-state index contributed by atoms with van der Waals surface area (Å²) in [6.07, 6.45) is 6.31. The molecule has 1 atom stereocenters. The summed E-state index contributed by atoms with van der Waals surface area (Å²) in [5.74, 6) is 1.47. The maximum Gasteiger partial charge on any atom is 0.231 e. The van der Waals surface area contributed by atoms with E-state index in [2.05, 4.69) is 15.1 Å². The normalized spacial score (nSPS) is 16.5. The molecule has 1 amide bonds. The number of piperidine rings is 1. The molecule has 2 aromatic heterocycles. The Kier molecular flexibility index (Phi) is 6.82. The highest BCUT2D eigenvalue weighted by atomic mass is 16.5. The molecule has 30 heavy (non-hydrogen) atoms. The fourth-order valence-electron chi connectivity index (χ4n) is 3.66. The molecule has 0 bridgehead atoms. The lowest BCUT2D eigenvalue weighted by atomic mass is 9.97. The van der Waals surface area contributed by atoms with Gasteiger partial charge in [0.25, 0.3) is 0 Å². The zero-order valence-electron chi connectivity index (χ0n) is 16.9. The Labute approximate surface area is 176 Å². The van der Waals surface area contributed by atoms with Crippen molar-refractivity contribution in [2.24, 2.45) is 0 Å². The molecular formula is C23H26N4O3. The van der Waals surface area contributed by atoms with E-state index in [1.54, 1.807) is 12.4 Å². The fraction of sp³-hybridized carbons (Fsp3) is 0.391. The van der Waals surface area contributed by atoms with Gasteiger partial charge in [-0.25, -0.2) is 0 Å². The van der Waals surface area contributed by atoms with E-state index in [4.69, 9.17) is 9.26 Å². The van der Waals surface area contributed by atoms with E-state index < -0.39 is 0 Å². The van der Waals surface area contributed by atoms with Gasteiger partial charge >= 0.3 is 0 Å². The third kappa shape index (κ3) is 5.51. The highest BCUT2D eigenvalue weighted by Crippen LogP contribution is 2.26. The van der Waals surface area contributed by atoms with Crippen molar-refractivity contribution in [2.45, 2.75) is 38.2 Å². The van der Waals surface area contributed by atoms with Crippen LogP contribution >= 0.6 is 0 Å². The third-order valence-corrected chi connectivity index (χ3v) is 5.27. The van der Waals surface area contributed by atoms with Crippen molar-refractivity contribution in [3.8, 4) is 0 Å². The SMILES string of the molecule is O=C(Cc1cccnc1)N1CCCC(c2nc(CCOCc3ccccc3)no2)C1. The maximum atomic E-state index is 12.7. The van der Waals surface area contributed by atoms with Crippen LogP contribution < -0.4 is 0 Å². The van der Waals surface area contributed by atoms with Gasteiger partial charge in [0.05, 0.1) is 25.6 Å². The number of rotatable bonds is 8. The van der Waals surface area contributed by atoms with E-state index >= 15 is 0 Å². The lowest BCUT2D eigenvalue weighted by Crippen LogP contribution is -2.40. The maximum absolute atomic E-state index is 12.7. The minimum Gasteiger partial charge on any atom is -0.376 e. The first-order chi connectivity index (χ1) is 14.8. The summed E-state index contributed by atoms with van der Waals surface area (Å²) in [6.45, 7) is 2.49. The van der Waals surface area contributed by atoms with Crippen LogP contribution in [-0.4, -0.2) is 45.6 Å². The zero-order valence-corrected chi connectivity index (χ0v) is 16.9. The largest absolute Gasteiger partial charge is 0.376 e. The number of hydrogen-bond acceptors (Lipinski definition) is 6. The first-order valence-electron chi connectivity index (χ1n) is 10.4. The summed E-state index contributed by atoms with van der Waals surface area (Å²) in [7, 11) is 0. The molecule has 1 unspecified atom stereocenters. The van der Waals surface area contributed by atoms with Crippen LogP contribution in [0.1, 0.15) is 41.6 Å². The van der Waals surface area contributed by atoms with E-state index in [9.17, 15) is 4.79 Å². The first kappa shape index (κ1) is 20.2. The minimum atomic E-state index is 0.0862. The molecule has 0 aliphatic carbocycles. The van der Waals surface area contributed by atoms with Gasteiger partial charge in [0, 0.05) is 31.9 Å². The molecule has 1 aliphatic rings. The molecule has 0 radical (unpaired) electrons. The Morgan fingerprint density at radius 3 is 2.87 bits per heavy atom. The van der Waals surface area contributed by atoms with Gasteiger partial charge in [-0.15, -0.1) is 0 Å². The van der Waals surface area contributed by atoms with Crippen molar-refractivity contribution in [3.63, 3.8) is 0 Å². The Balaban J connectivity index is 1.26. The summed E-state index contributed by atoms with van der Waals surface area (Å²) in [6, 6.07) is 13.8. The lowest BCUT2D eigenvalue weighted by molar-refractivity contribution is -0.131. The Hall–Kier alpha value is -3.06. The van der Waals surface area contributed by atoms with Crippen molar-refractivity contribution in [1.82, 2.24) is 20.0 Å². The van der Waals surface area contributed by atoms with Crippen LogP contribution in [0.3, 0.4) is 0 Å². The molecule has 7 heteroatoms. The van der Waals surface area contributed by atoms with Crippen molar-refractivity contribution >= 4 is 5.91 Å². The third-order valence-electron chi connectivity index (χ3n) is 5.27. The summed E-state index contributed by atoms with van der Waals surface area (Å²) in [5, 5.41) is 4.10. The lowest BCUT2D eigenvalue weighted by Gasteiger charge is -2.31. The van der Waals surface area contributed by atoms with Crippen LogP contribution in [0.15, 0.2) is 59.4 Å². The van der Waals surface area contributed by atoms with Crippen LogP contribution in [-0.2, 0) is 29.0 Å². The summed E-state index contributed by atoms with van der Waals surface area (Å²) in [5.41, 5.74) is 2.07. The van der Waals surface area contributed by atoms with Gasteiger partial charge < -0.3 is 14.2 Å². The monoisotopic (exact) mass is 406 g/mol. The number of likely N-dealkylation sites (tertiary alicyclic amines) is 1. The number of carbonyl (C=O) groups is 1. The number of nitrogens with zero attached hydrogens (tertiary/aromatic N) is 4. The summed E-state index contributed by atoms with van der Waals surface area (Å²) in [4.78, 5) is 23.2. The average molecular weight is 406 g/mol. The molecule has 156 valence electrons. The molecule has 0 saturated carbocycles. The van der Waals surface area contributed by atoms with Gasteiger partial charge in [-0.05, 0) is 30.0 Å². The van der Waals surface area contributed by atoms with E-state index in [1.165, 1.54) is 0 Å². The van der Waals surface area contributed by atoms with Gasteiger partial charge in [0.1, 0.15) is 0 Å². The Morgan fingerprint density at radius 2 is 2.03 bits per heavy atom. The quantitative estimate of drug-likeness (QED) is 0.535. The number of ether oxygens (including phenoxy) is 1. The van der Waals surface area contributed by atoms with Crippen LogP contribution in [0, 0.1) is 0 Å². The van der Waals surface area contributed by atoms with Crippen molar-refractivity contribution in [2.75, 3.05) is 19.7 Å². The van der Waals surface area contributed by atoms with Crippen molar-refractivity contribution in [3.05, 3.63) is 77.7 Å². The topological polar surface area (TPSA) is 81.4 Å². The average Bonchev–Trinajstić information content (AvgIpc) is 3.27. The smallest absolute Gasteiger partial charge is 0.231 e. The molecular weight excluding hydrogens is 380 g/mol.